The summed E-state index contributed by atoms with van der Waals surface area (Å²) in [5, 5.41) is 0. The zero-order valence-electron chi connectivity index (χ0n) is 11.9. The lowest BCUT2D eigenvalue weighted by molar-refractivity contribution is 0.493. The van der Waals surface area contributed by atoms with Gasteiger partial charge in [-0.25, -0.2) is 0 Å². The number of hydrogen-bond donors (Lipinski definition) is 0. The van der Waals surface area contributed by atoms with Crippen molar-refractivity contribution in [2.24, 2.45) is 0 Å². The molecule has 0 radical (unpaired) electrons. The second-order valence-electron chi connectivity index (χ2n) is 6.36. The van der Waals surface area contributed by atoms with Gasteiger partial charge in [0.25, 0.3) is 0 Å². The normalized spacial score (nSPS) is 25.8. The van der Waals surface area contributed by atoms with Gasteiger partial charge in [-0.15, -0.1) is 0 Å². The van der Waals surface area contributed by atoms with Crippen LogP contribution in [0.15, 0.2) is 0 Å². The van der Waals surface area contributed by atoms with Crippen molar-refractivity contribution in [1.82, 2.24) is 0 Å². The summed E-state index contributed by atoms with van der Waals surface area (Å²) in [6.45, 7) is -0.0913. The van der Waals surface area contributed by atoms with Crippen LogP contribution in [0.2, 0.25) is 0 Å². The SMILES string of the molecule is S=[P+](C1CCCCCCC1)C1CCCCCCC1. The van der Waals surface area contributed by atoms with Gasteiger partial charge in [-0.2, -0.15) is 0 Å². The van der Waals surface area contributed by atoms with Gasteiger partial charge in [0.05, 0.1) is 0 Å². The average molecular weight is 285 g/mol. The van der Waals surface area contributed by atoms with Gasteiger partial charge < -0.3 is 0 Å². The van der Waals surface area contributed by atoms with E-state index in [9.17, 15) is 0 Å². The molecule has 2 saturated carbocycles. The van der Waals surface area contributed by atoms with Crippen LogP contribution < -0.4 is 0 Å². The molecule has 2 rings (SSSR count). The Morgan fingerprint density at radius 3 is 1.11 bits per heavy atom. The van der Waals surface area contributed by atoms with Crippen LogP contribution in [0, 0.1) is 0 Å². The third-order valence-corrected chi connectivity index (χ3v) is 9.13. The van der Waals surface area contributed by atoms with Gasteiger partial charge in [0, 0.05) is 0 Å². The Morgan fingerprint density at radius 2 is 0.778 bits per heavy atom. The number of rotatable bonds is 2. The minimum Gasteiger partial charge on any atom is -0.0533 e. The Morgan fingerprint density at radius 1 is 0.500 bits per heavy atom. The monoisotopic (exact) mass is 285 g/mol. The van der Waals surface area contributed by atoms with Crippen LogP contribution >= 0.6 is 6.70 Å². The maximum atomic E-state index is 6.05. The van der Waals surface area contributed by atoms with E-state index in [1.807, 2.05) is 0 Å². The third kappa shape index (κ3) is 4.89. The number of hydrogen-bond acceptors (Lipinski definition) is 1. The fraction of sp³-hybridized carbons (Fsp3) is 1.00. The molecule has 104 valence electrons. The first kappa shape index (κ1) is 14.9. The van der Waals surface area contributed by atoms with Crippen molar-refractivity contribution in [2.45, 2.75) is 101 Å². The van der Waals surface area contributed by atoms with Gasteiger partial charge in [0.15, 0.2) is 18.5 Å². The van der Waals surface area contributed by atoms with Crippen LogP contribution in [0.1, 0.15) is 89.9 Å². The largest absolute Gasteiger partial charge is 0.181 e. The summed E-state index contributed by atoms with van der Waals surface area (Å²) in [7, 11) is 0. The third-order valence-electron chi connectivity index (χ3n) is 4.87. The van der Waals surface area contributed by atoms with Crippen LogP contribution in [0.5, 0.6) is 0 Å². The molecule has 0 nitrogen and oxygen atoms in total. The van der Waals surface area contributed by atoms with Gasteiger partial charge in [-0.3, -0.25) is 0 Å². The standard InChI is InChI=1S/C16H30PS/c18-17(15-11-7-3-1-4-8-12-15)16-13-9-5-2-6-10-14-16/h15-16H,1-14H2/q+1. The first-order chi connectivity index (χ1) is 8.88. The smallest absolute Gasteiger partial charge is 0.0533 e. The maximum absolute atomic E-state index is 6.05. The first-order valence-electron chi connectivity index (χ1n) is 8.33. The van der Waals surface area contributed by atoms with Crippen LogP contribution in [0.25, 0.3) is 0 Å². The average Bonchev–Trinajstić information content (AvgIpc) is 2.27. The van der Waals surface area contributed by atoms with Crippen molar-refractivity contribution in [3.63, 3.8) is 0 Å². The molecule has 18 heavy (non-hydrogen) atoms. The van der Waals surface area contributed by atoms with Crippen LogP contribution in [0.4, 0.5) is 0 Å². The minimum absolute atomic E-state index is 0.0913. The molecule has 0 N–H and O–H groups in total. The highest BCUT2D eigenvalue weighted by atomic mass is 32.4. The highest BCUT2D eigenvalue weighted by molar-refractivity contribution is 8.05. The molecule has 0 aromatic rings. The van der Waals surface area contributed by atoms with Crippen molar-refractivity contribution < 1.29 is 0 Å². The summed E-state index contributed by atoms with van der Waals surface area (Å²) in [5.74, 6) is 0. The summed E-state index contributed by atoms with van der Waals surface area (Å²) >= 11 is 6.05. The van der Waals surface area contributed by atoms with E-state index in [0.29, 0.717) is 0 Å². The zero-order valence-corrected chi connectivity index (χ0v) is 13.6. The molecule has 0 amide bonds. The first-order valence-corrected chi connectivity index (χ1v) is 10.8. The Balaban J connectivity index is 1.86. The molecular formula is C16H30PS+. The summed E-state index contributed by atoms with van der Waals surface area (Å²) < 4.78 is 0. The summed E-state index contributed by atoms with van der Waals surface area (Å²) in [5.41, 5.74) is 1.89. The second kappa shape index (κ2) is 8.64. The Kier molecular flexibility index (Phi) is 7.16. The Labute approximate surface area is 120 Å². The van der Waals surface area contributed by atoms with Crippen LogP contribution in [-0.2, 0) is 11.8 Å². The molecular weight excluding hydrogens is 255 g/mol. The van der Waals surface area contributed by atoms with E-state index in [2.05, 4.69) is 0 Å². The van der Waals surface area contributed by atoms with Crippen molar-refractivity contribution >= 4 is 18.5 Å². The molecule has 2 fully saturated rings. The highest BCUT2D eigenvalue weighted by Crippen LogP contribution is 2.45. The van der Waals surface area contributed by atoms with E-state index in [1.165, 1.54) is 89.9 Å². The van der Waals surface area contributed by atoms with Gasteiger partial charge >= 0.3 is 0 Å². The highest BCUT2D eigenvalue weighted by Gasteiger charge is 2.33. The van der Waals surface area contributed by atoms with Gasteiger partial charge in [-0.05, 0) is 51.4 Å². The lowest BCUT2D eigenvalue weighted by Gasteiger charge is -2.19. The molecule has 0 aromatic heterocycles. The van der Waals surface area contributed by atoms with Crippen molar-refractivity contribution in [3.05, 3.63) is 0 Å². The lowest BCUT2D eigenvalue weighted by Crippen LogP contribution is -2.14. The molecule has 0 aromatic carbocycles. The van der Waals surface area contributed by atoms with E-state index in [-0.39, 0.29) is 6.70 Å². The van der Waals surface area contributed by atoms with Crippen LogP contribution in [0.3, 0.4) is 0 Å². The summed E-state index contributed by atoms with van der Waals surface area (Å²) in [6.07, 6.45) is 20.6. The topological polar surface area (TPSA) is 0 Å². The van der Waals surface area contributed by atoms with E-state index in [0.717, 1.165) is 11.3 Å². The molecule has 0 bridgehead atoms. The predicted octanol–water partition coefficient (Wildman–Crippen LogP) is 6.16. The van der Waals surface area contributed by atoms with Crippen molar-refractivity contribution in [2.75, 3.05) is 0 Å². The molecule has 0 saturated heterocycles. The zero-order chi connectivity index (χ0) is 12.6. The van der Waals surface area contributed by atoms with Gasteiger partial charge in [0.2, 0.25) is 0 Å². The fourth-order valence-corrected chi connectivity index (χ4v) is 7.29. The molecule has 0 spiro atoms. The lowest BCUT2D eigenvalue weighted by atomic mass is 10.00. The molecule has 0 unspecified atom stereocenters. The molecule has 2 heteroatoms. The minimum atomic E-state index is -0.0913. The molecule has 0 aliphatic heterocycles. The van der Waals surface area contributed by atoms with Gasteiger partial charge in [0.1, 0.15) is 11.3 Å². The van der Waals surface area contributed by atoms with Crippen molar-refractivity contribution in [1.29, 1.82) is 0 Å². The molecule has 2 aliphatic carbocycles. The molecule has 0 heterocycles. The van der Waals surface area contributed by atoms with E-state index in [1.54, 1.807) is 0 Å². The summed E-state index contributed by atoms with van der Waals surface area (Å²) in [6, 6.07) is 0. The van der Waals surface area contributed by atoms with Crippen LogP contribution in [-0.4, -0.2) is 11.3 Å². The van der Waals surface area contributed by atoms with Crippen molar-refractivity contribution in [3.8, 4) is 0 Å². The second-order valence-corrected chi connectivity index (χ2v) is 9.80. The summed E-state index contributed by atoms with van der Waals surface area (Å²) in [4.78, 5) is 0. The Bertz CT molecular complexity index is 211. The van der Waals surface area contributed by atoms with Gasteiger partial charge in [-0.1, -0.05) is 38.5 Å². The maximum Gasteiger partial charge on any atom is 0.181 e. The Hall–Kier alpha value is 0.520. The van der Waals surface area contributed by atoms with E-state index < -0.39 is 0 Å². The van der Waals surface area contributed by atoms with E-state index >= 15 is 0 Å². The molecule has 2 aliphatic rings. The van der Waals surface area contributed by atoms with E-state index in [4.69, 9.17) is 11.8 Å². The predicted molar refractivity (Wildman–Crippen MR) is 86.5 cm³/mol. The quantitative estimate of drug-likeness (QED) is 0.548. The molecule has 0 atom stereocenters. The fourth-order valence-electron chi connectivity index (χ4n) is 3.68.